The second kappa shape index (κ2) is 7.01. The summed E-state index contributed by atoms with van der Waals surface area (Å²) in [6, 6.07) is 9.61. The van der Waals surface area contributed by atoms with Crippen molar-refractivity contribution >= 4 is 23.2 Å². The molecule has 2 amide bonds. The van der Waals surface area contributed by atoms with Crippen molar-refractivity contribution in [2.75, 3.05) is 0 Å². The molecule has 0 fully saturated rings. The van der Waals surface area contributed by atoms with Crippen LogP contribution >= 0.6 is 11.3 Å². The van der Waals surface area contributed by atoms with Crippen LogP contribution in [0.4, 0.5) is 0 Å². The van der Waals surface area contributed by atoms with Crippen molar-refractivity contribution in [3.63, 3.8) is 0 Å². The average molecular weight is 342 g/mol. The second-order valence-corrected chi connectivity index (χ2v) is 5.89. The molecule has 0 atom stereocenters. The number of hydrogen-bond donors (Lipinski definition) is 2. The highest BCUT2D eigenvalue weighted by molar-refractivity contribution is 7.17. The van der Waals surface area contributed by atoms with E-state index in [-0.39, 0.29) is 6.54 Å². The SMILES string of the molecule is Cc1nc(-c2ccccc2)sc1C(=O)NNC(=O)Cn1cncn1. The first kappa shape index (κ1) is 15.8. The van der Waals surface area contributed by atoms with E-state index in [0.29, 0.717) is 10.6 Å². The molecule has 8 nitrogen and oxygen atoms in total. The van der Waals surface area contributed by atoms with Gasteiger partial charge in [-0.05, 0) is 6.92 Å². The van der Waals surface area contributed by atoms with Gasteiger partial charge in [-0.3, -0.25) is 20.4 Å². The number of thiazole rings is 1. The van der Waals surface area contributed by atoms with E-state index in [9.17, 15) is 9.59 Å². The number of aromatic nitrogens is 4. The summed E-state index contributed by atoms with van der Waals surface area (Å²) in [7, 11) is 0. The molecule has 0 bridgehead atoms. The van der Waals surface area contributed by atoms with E-state index in [4.69, 9.17) is 0 Å². The normalized spacial score (nSPS) is 10.4. The summed E-state index contributed by atoms with van der Waals surface area (Å²) < 4.78 is 1.35. The summed E-state index contributed by atoms with van der Waals surface area (Å²) >= 11 is 1.28. The van der Waals surface area contributed by atoms with Gasteiger partial charge in [0.1, 0.15) is 29.1 Å². The number of benzene rings is 1. The van der Waals surface area contributed by atoms with Gasteiger partial charge in [-0.25, -0.2) is 14.6 Å². The van der Waals surface area contributed by atoms with E-state index in [1.165, 1.54) is 28.7 Å². The number of nitrogens with zero attached hydrogens (tertiary/aromatic N) is 4. The van der Waals surface area contributed by atoms with E-state index >= 15 is 0 Å². The molecule has 0 radical (unpaired) electrons. The zero-order valence-electron chi connectivity index (χ0n) is 12.8. The zero-order chi connectivity index (χ0) is 16.9. The number of amides is 2. The molecular weight excluding hydrogens is 328 g/mol. The average Bonchev–Trinajstić information content (AvgIpc) is 3.23. The Balaban J connectivity index is 1.63. The fourth-order valence-corrected chi connectivity index (χ4v) is 2.96. The van der Waals surface area contributed by atoms with Gasteiger partial charge in [0.05, 0.1) is 5.69 Å². The molecule has 2 aromatic heterocycles. The van der Waals surface area contributed by atoms with Crippen LogP contribution in [0, 0.1) is 6.92 Å². The third kappa shape index (κ3) is 3.63. The van der Waals surface area contributed by atoms with Gasteiger partial charge in [0.2, 0.25) is 0 Å². The molecule has 0 unspecified atom stereocenters. The molecule has 0 aliphatic heterocycles. The van der Waals surface area contributed by atoms with Crippen molar-refractivity contribution in [2.45, 2.75) is 13.5 Å². The van der Waals surface area contributed by atoms with Crippen LogP contribution in [0.5, 0.6) is 0 Å². The summed E-state index contributed by atoms with van der Waals surface area (Å²) in [5.74, 6) is -0.807. The number of rotatable bonds is 4. The van der Waals surface area contributed by atoms with E-state index in [1.54, 1.807) is 6.92 Å². The Labute approximate surface area is 141 Å². The smallest absolute Gasteiger partial charge is 0.271 e. The Morgan fingerprint density at radius 3 is 2.71 bits per heavy atom. The fraction of sp³-hybridized carbons (Fsp3) is 0.133. The van der Waals surface area contributed by atoms with Crippen molar-refractivity contribution in [2.24, 2.45) is 0 Å². The minimum atomic E-state index is -0.404. The molecule has 1 aromatic carbocycles. The number of hydrogen-bond acceptors (Lipinski definition) is 6. The van der Waals surface area contributed by atoms with Gasteiger partial charge in [0, 0.05) is 5.56 Å². The van der Waals surface area contributed by atoms with Gasteiger partial charge >= 0.3 is 0 Å². The summed E-state index contributed by atoms with van der Waals surface area (Å²) in [4.78, 5) is 32.6. The molecule has 3 aromatic rings. The molecule has 2 heterocycles. The Kier molecular flexibility index (Phi) is 4.62. The summed E-state index contributed by atoms with van der Waals surface area (Å²) in [6.45, 7) is 1.73. The lowest BCUT2D eigenvalue weighted by atomic mass is 10.2. The van der Waals surface area contributed by atoms with Gasteiger partial charge < -0.3 is 0 Å². The van der Waals surface area contributed by atoms with Crippen molar-refractivity contribution in [1.82, 2.24) is 30.6 Å². The number of carbonyl (C=O) groups is 2. The molecule has 0 saturated heterocycles. The predicted molar refractivity (Wildman–Crippen MR) is 87.9 cm³/mol. The van der Waals surface area contributed by atoms with Gasteiger partial charge in [-0.2, -0.15) is 5.10 Å². The molecule has 0 aliphatic carbocycles. The van der Waals surface area contributed by atoms with Crippen LogP contribution in [-0.4, -0.2) is 31.6 Å². The van der Waals surface area contributed by atoms with Crippen LogP contribution < -0.4 is 10.9 Å². The van der Waals surface area contributed by atoms with Crippen molar-refractivity contribution in [3.8, 4) is 10.6 Å². The lowest BCUT2D eigenvalue weighted by Crippen LogP contribution is -2.43. The van der Waals surface area contributed by atoms with Crippen LogP contribution in [0.15, 0.2) is 43.0 Å². The third-order valence-electron chi connectivity index (χ3n) is 3.11. The molecule has 122 valence electrons. The van der Waals surface area contributed by atoms with Crippen LogP contribution in [0.3, 0.4) is 0 Å². The van der Waals surface area contributed by atoms with Gasteiger partial charge in [-0.15, -0.1) is 11.3 Å². The molecule has 0 aliphatic rings. The first-order chi connectivity index (χ1) is 11.6. The van der Waals surface area contributed by atoms with Crippen molar-refractivity contribution < 1.29 is 9.59 Å². The first-order valence-corrected chi connectivity index (χ1v) is 7.89. The van der Waals surface area contributed by atoms with E-state index in [1.807, 2.05) is 30.3 Å². The standard InChI is InChI=1S/C15H14N6O2S/c1-10-13(24-15(18-10)11-5-3-2-4-6-11)14(23)20-19-12(22)7-21-9-16-8-17-21/h2-6,8-9H,7H2,1H3,(H,19,22)(H,20,23). The van der Waals surface area contributed by atoms with Crippen molar-refractivity contribution in [3.05, 3.63) is 53.6 Å². The first-order valence-electron chi connectivity index (χ1n) is 7.08. The maximum absolute atomic E-state index is 12.2. The minimum absolute atomic E-state index is 0.0305. The van der Waals surface area contributed by atoms with Gasteiger partial charge in [0.15, 0.2) is 0 Å². The summed E-state index contributed by atoms with van der Waals surface area (Å²) in [5, 5.41) is 4.57. The molecule has 3 rings (SSSR count). The minimum Gasteiger partial charge on any atom is -0.271 e. The maximum atomic E-state index is 12.2. The Hall–Kier alpha value is -3.07. The highest BCUT2D eigenvalue weighted by Crippen LogP contribution is 2.27. The lowest BCUT2D eigenvalue weighted by molar-refractivity contribution is -0.122. The number of nitrogens with one attached hydrogen (secondary N) is 2. The van der Waals surface area contributed by atoms with Crippen LogP contribution in [-0.2, 0) is 11.3 Å². The van der Waals surface area contributed by atoms with E-state index in [0.717, 1.165) is 10.6 Å². The second-order valence-electron chi connectivity index (χ2n) is 4.89. The zero-order valence-corrected chi connectivity index (χ0v) is 13.6. The monoisotopic (exact) mass is 342 g/mol. The van der Waals surface area contributed by atoms with Gasteiger partial charge in [-0.1, -0.05) is 30.3 Å². The number of carbonyl (C=O) groups excluding carboxylic acids is 2. The van der Waals surface area contributed by atoms with Crippen LogP contribution in [0.25, 0.3) is 10.6 Å². The highest BCUT2D eigenvalue weighted by atomic mass is 32.1. The molecule has 2 N–H and O–H groups in total. The highest BCUT2D eigenvalue weighted by Gasteiger charge is 2.16. The molecule has 0 spiro atoms. The van der Waals surface area contributed by atoms with Crippen molar-refractivity contribution in [1.29, 1.82) is 0 Å². The van der Waals surface area contributed by atoms with E-state index < -0.39 is 11.8 Å². The Morgan fingerprint density at radius 2 is 2.00 bits per heavy atom. The Morgan fingerprint density at radius 1 is 1.21 bits per heavy atom. The molecule has 24 heavy (non-hydrogen) atoms. The van der Waals surface area contributed by atoms with Crippen LogP contribution in [0.2, 0.25) is 0 Å². The van der Waals surface area contributed by atoms with Gasteiger partial charge in [0.25, 0.3) is 11.8 Å². The third-order valence-corrected chi connectivity index (χ3v) is 4.32. The summed E-state index contributed by atoms with van der Waals surface area (Å²) in [5.41, 5.74) is 6.29. The molecule has 9 heteroatoms. The summed E-state index contributed by atoms with van der Waals surface area (Å²) in [6.07, 6.45) is 2.75. The number of hydrazine groups is 1. The van der Waals surface area contributed by atoms with Crippen LogP contribution in [0.1, 0.15) is 15.4 Å². The predicted octanol–water partition coefficient (Wildman–Crippen LogP) is 1.17. The van der Waals surface area contributed by atoms with E-state index in [2.05, 4.69) is 25.9 Å². The fourth-order valence-electron chi connectivity index (χ4n) is 2.00. The molecule has 0 saturated carbocycles. The lowest BCUT2D eigenvalue weighted by Gasteiger charge is -2.06. The largest absolute Gasteiger partial charge is 0.281 e. The maximum Gasteiger partial charge on any atom is 0.281 e. The number of aryl methyl sites for hydroxylation is 1. The molecular formula is C15H14N6O2S. The topological polar surface area (TPSA) is 102 Å². The Bertz CT molecular complexity index is 844. The quantitative estimate of drug-likeness (QED) is 0.693.